The summed E-state index contributed by atoms with van der Waals surface area (Å²) in [6.07, 6.45) is 2.52. The van der Waals surface area contributed by atoms with Crippen LogP contribution in [0.4, 0.5) is 0 Å². The van der Waals surface area contributed by atoms with Gasteiger partial charge in [0.15, 0.2) is 5.78 Å². The second-order valence-electron chi connectivity index (χ2n) is 5.60. The lowest BCUT2D eigenvalue weighted by molar-refractivity contribution is -0.187. The molecule has 1 aliphatic heterocycles. The third-order valence-corrected chi connectivity index (χ3v) is 4.44. The Labute approximate surface area is 114 Å². The first-order valence-electron chi connectivity index (χ1n) is 7.12. The van der Waals surface area contributed by atoms with E-state index in [1.807, 2.05) is 13.8 Å². The second-order valence-corrected chi connectivity index (χ2v) is 5.60. The average molecular weight is 268 g/mol. The summed E-state index contributed by atoms with van der Waals surface area (Å²) in [7, 11) is 0. The van der Waals surface area contributed by atoms with E-state index >= 15 is 0 Å². The Morgan fingerprint density at radius 3 is 2.21 bits per heavy atom. The molecular weight excluding hydrogens is 244 g/mol. The molecular formula is C15H24O4. The van der Waals surface area contributed by atoms with Crippen molar-refractivity contribution in [1.29, 1.82) is 0 Å². The highest BCUT2D eigenvalue weighted by atomic mass is 16.6. The molecule has 0 N–H and O–H groups in total. The van der Waals surface area contributed by atoms with Gasteiger partial charge in [-0.2, -0.15) is 0 Å². The molecule has 0 saturated carbocycles. The minimum atomic E-state index is -1.14. The van der Waals surface area contributed by atoms with Crippen molar-refractivity contribution in [2.45, 2.75) is 71.8 Å². The van der Waals surface area contributed by atoms with E-state index in [0.29, 0.717) is 19.3 Å². The van der Waals surface area contributed by atoms with Crippen molar-refractivity contribution in [3.05, 3.63) is 0 Å². The van der Waals surface area contributed by atoms with Crippen LogP contribution in [0.15, 0.2) is 0 Å². The predicted molar refractivity (Wildman–Crippen MR) is 71.7 cm³/mol. The maximum Gasteiger partial charge on any atom is 0.319 e. The molecule has 0 aromatic carbocycles. The molecule has 1 fully saturated rings. The van der Waals surface area contributed by atoms with Gasteiger partial charge in [-0.1, -0.05) is 20.8 Å². The van der Waals surface area contributed by atoms with Crippen LogP contribution in [-0.4, -0.2) is 23.1 Å². The van der Waals surface area contributed by atoms with Gasteiger partial charge in [0.25, 0.3) is 0 Å². The maximum absolute atomic E-state index is 12.3. The van der Waals surface area contributed by atoms with Gasteiger partial charge < -0.3 is 4.74 Å². The summed E-state index contributed by atoms with van der Waals surface area (Å²) in [6.45, 7) is 7.24. The Bertz CT molecular complexity index is 360. The van der Waals surface area contributed by atoms with Gasteiger partial charge in [0.05, 0.1) is 0 Å². The van der Waals surface area contributed by atoms with E-state index in [9.17, 15) is 14.4 Å². The zero-order valence-electron chi connectivity index (χ0n) is 12.4. The smallest absolute Gasteiger partial charge is 0.319 e. The van der Waals surface area contributed by atoms with Gasteiger partial charge in [-0.15, -0.1) is 0 Å². The van der Waals surface area contributed by atoms with Crippen molar-refractivity contribution in [2.75, 3.05) is 0 Å². The zero-order valence-corrected chi connectivity index (χ0v) is 12.4. The number of ether oxygens (including phenoxy) is 1. The highest BCUT2D eigenvalue weighted by Gasteiger charge is 2.52. The Morgan fingerprint density at radius 2 is 1.79 bits per heavy atom. The summed E-state index contributed by atoms with van der Waals surface area (Å²) < 4.78 is 5.55. The molecule has 4 heteroatoms. The molecule has 4 nitrogen and oxygen atoms in total. The van der Waals surface area contributed by atoms with Crippen LogP contribution >= 0.6 is 0 Å². The van der Waals surface area contributed by atoms with Crippen molar-refractivity contribution in [2.24, 2.45) is 5.41 Å². The summed E-state index contributed by atoms with van der Waals surface area (Å²) >= 11 is 0. The van der Waals surface area contributed by atoms with Crippen molar-refractivity contribution in [3.8, 4) is 0 Å². The third kappa shape index (κ3) is 3.04. The Kier molecular flexibility index (Phi) is 4.88. The number of ketones is 2. The Morgan fingerprint density at radius 1 is 1.21 bits per heavy atom. The summed E-state index contributed by atoms with van der Waals surface area (Å²) in [5.74, 6) is -0.475. The third-order valence-electron chi connectivity index (χ3n) is 4.44. The molecule has 19 heavy (non-hydrogen) atoms. The van der Waals surface area contributed by atoms with E-state index in [1.54, 1.807) is 13.8 Å². The lowest BCUT2D eigenvalue weighted by Crippen LogP contribution is -2.52. The van der Waals surface area contributed by atoms with Crippen molar-refractivity contribution in [3.63, 3.8) is 0 Å². The number of rotatable bonds is 6. The first kappa shape index (κ1) is 15.9. The molecule has 108 valence electrons. The fraction of sp³-hybridized carbons (Fsp3) is 0.800. The van der Waals surface area contributed by atoms with Crippen LogP contribution in [0.5, 0.6) is 0 Å². The zero-order chi connectivity index (χ0) is 14.7. The van der Waals surface area contributed by atoms with E-state index in [2.05, 4.69) is 0 Å². The SMILES string of the molecule is CCC(=O)CC[C@]1(C)C(=O)CC(CC)(CC)OC1=O. The van der Waals surface area contributed by atoms with E-state index < -0.39 is 17.0 Å². The molecule has 0 radical (unpaired) electrons. The number of hydrogen-bond donors (Lipinski definition) is 0. The standard InChI is InChI=1S/C15H24O4/c1-5-11(16)8-9-14(4)12(17)10-15(6-2,7-3)19-13(14)18/h5-10H2,1-4H3/t14-/m1/s1. The van der Waals surface area contributed by atoms with Crippen LogP contribution in [0.2, 0.25) is 0 Å². The van der Waals surface area contributed by atoms with Crippen molar-refractivity contribution < 1.29 is 19.1 Å². The van der Waals surface area contributed by atoms with Crippen LogP contribution in [0, 0.1) is 5.41 Å². The number of cyclic esters (lactones) is 1. The van der Waals surface area contributed by atoms with Crippen LogP contribution in [0.3, 0.4) is 0 Å². The summed E-state index contributed by atoms with van der Waals surface area (Å²) in [6, 6.07) is 0. The first-order chi connectivity index (χ1) is 8.83. The Hall–Kier alpha value is -1.19. The molecule has 0 aromatic heterocycles. The van der Waals surface area contributed by atoms with Crippen LogP contribution in [0.25, 0.3) is 0 Å². The van der Waals surface area contributed by atoms with Crippen LogP contribution < -0.4 is 0 Å². The second kappa shape index (κ2) is 5.85. The van der Waals surface area contributed by atoms with Gasteiger partial charge in [0.2, 0.25) is 0 Å². The minimum absolute atomic E-state index is 0.0737. The lowest BCUT2D eigenvalue weighted by Gasteiger charge is -2.41. The molecule has 1 atom stereocenters. The Balaban J connectivity index is 2.85. The molecule has 0 aromatic rings. The van der Waals surface area contributed by atoms with E-state index in [-0.39, 0.29) is 30.8 Å². The fourth-order valence-electron chi connectivity index (χ4n) is 2.40. The molecule has 0 aliphatic carbocycles. The fourth-order valence-corrected chi connectivity index (χ4v) is 2.40. The number of carbonyl (C=O) groups excluding carboxylic acids is 3. The van der Waals surface area contributed by atoms with Crippen molar-refractivity contribution in [1.82, 2.24) is 0 Å². The molecule has 1 aliphatic rings. The predicted octanol–water partition coefficient (Wildman–Crippen LogP) is 2.83. The van der Waals surface area contributed by atoms with Gasteiger partial charge in [-0.3, -0.25) is 14.4 Å². The number of Topliss-reactive ketones (excluding diaryl/α,β-unsaturated/α-hetero) is 2. The van der Waals surface area contributed by atoms with E-state index in [4.69, 9.17) is 4.74 Å². The van der Waals surface area contributed by atoms with Crippen molar-refractivity contribution >= 4 is 17.5 Å². The highest BCUT2D eigenvalue weighted by molar-refractivity contribution is 6.06. The maximum atomic E-state index is 12.3. The van der Waals surface area contributed by atoms with Crippen LogP contribution in [0.1, 0.15) is 66.2 Å². The number of esters is 1. The number of hydrogen-bond acceptors (Lipinski definition) is 4. The topological polar surface area (TPSA) is 60.4 Å². The molecule has 0 bridgehead atoms. The molecule has 1 rings (SSSR count). The van der Waals surface area contributed by atoms with Gasteiger partial charge in [0.1, 0.15) is 16.8 Å². The normalized spacial score (nSPS) is 26.1. The molecule has 0 amide bonds. The van der Waals surface area contributed by atoms with E-state index in [1.165, 1.54) is 0 Å². The van der Waals surface area contributed by atoms with E-state index in [0.717, 1.165) is 0 Å². The largest absolute Gasteiger partial charge is 0.458 e. The first-order valence-corrected chi connectivity index (χ1v) is 7.12. The van der Waals surface area contributed by atoms with Gasteiger partial charge in [-0.05, 0) is 26.2 Å². The lowest BCUT2D eigenvalue weighted by atomic mass is 9.72. The average Bonchev–Trinajstić information content (AvgIpc) is 2.41. The summed E-state index contributed by atoms with van der Waals surface area (Å²) in [4.78, 5) is 35.9. The monoisotopic (exact) mass is 268 g/mol. The summed E-state index contributed by atoms with van der Waals surface area (Å²) in [5, 5.41) is 0. The molecule has 0 unspecified atom stereocenters. The molecule has 0 spiro atoms. The van der Waals surface area contributed by atoms with Gasteiger partial charge in [-0.25, -0.2) is 0 Å². The highest BCUT2D eigenvalue weighted by Crippen LogP contribution is 2.40. The molecule has 1 saturated heterocycles. The quantitative estimate of drug-likeness (QED) is 0.549. The van der Waals surface area contributed by atoms with Gasteiger partial charge >= 0.3 is 5.97 Å². The minimum Gasteiger partial charge on any atom is -0.458 e. The summed E-state index contributed by atoms with van der Waals surface area (Å²) in [5.41, 5.74) is -1.78. The van der Waals surface area contributed by atoms with Crippen LogP contribution in [-0.2, 0) is 19.1 Å². The molecule has 1 heterocycles. The van der Waals surface area contributed by atoms with Gasteiger partial charge in [0, 0.05) is 19.3 Å². The number of carbonyl (C=O) groups is 3.